The SMILES string of the molecule is C[Si](C)C.[Fe]. The minimum Gasteiger partial charge on any atom is -0.0715 e. The van der Waals surface area contributed by atoms with Gasteiger partial charge in [0.1, 0.15) is 0 Å². The van der Waals surface area contributed by atoms with E-state index in [9.17, 15) is 0 Å². The van der Waals surface area contributed by atoms with Crippen molar-refractivity contribution in [3.05, 3.63) is 0 Å². The van der Waals surface area contributed by atoms with Crippen molar-refractivity contribution in [2.24, 2.45) is 0 Å². The molecule has 0 nitrogen and oxygen atoms in total. The van der Waals surface area contributed by atoms with Crippen molar-refractivity contribution in [3.63, 3.8) is 0 Å². The van der Waals surface area contributed by atoms with Crippen LogP contribution in [-0.2, 0) is 17.1 Å². The third kappa shape index (κ3) is 65.4. The van der Waals surface area contributed by atoms with E-state index in [0.717, 1.165) is 0 Å². The molecule has 0 N–H and O–H groups in total. The molecule has 33 valence electrons. The van der Waals surface area contributed by atoms with Gasteiger partial charge in [-0.3, -0.25) is 0 Å². The largest absolute Gasteiger partial charge is 0.0715 e. The number of rotatable bonds is 0. The number of hydrogen-bond acceptors (Lipinski definition) is 0. The summed E-state index contributed by atoms with van der Waals surface area (Å²) in [5.74, 6) is 0. The minimum absolute atomic E-state index is 0. The van der Waals surface area contributed by atoms with Crippen LogP contribution in [0.4, 0.5) is 0 Å². The zero-order valence-electron chi connectivity index (χ0n) is 3.85. The molecule has 1 radical (unpaired) electrons. The second-order valence-electron chi connectivity index (χ2n) is 1.50. The van der Waals surface area contributed by atoms with Crippen LogP contribution in [0.5, 0.6) is 0 Å². The molecule has 0 aliphatic heterocycles. The predicted octanol–water partition coefficient (Wildman–Crippen LogP) is 1.37. The monoisotopic (exact) mass is 129 g/mol. The first-order valence-electron chi connectivity index (χ1n) is 1.50. The maximum Gasteiger partial charge on any atom is 0.0379 e. The first-order chi connectivity index (χ1) is 1.73. The summed E-state index contributed by atoms with van der Waals surface area (Å²) in [7, 11) is 0.120. The molecular weight excluding hydrogens is 120 g/mol. The van der Waals surface area contributed by atoms with Crippen molar-refractivity contribution in [3.8, 4) is 0 Å². The summed E-state index contributed by atoms with van der Waals surface area (Å²) in [6.07, 6.45) is 0. The zero-order valence-corrected chi connectivity index (χ0v) is 5.96. The van der Waals surface area contributed by atoms with Crippen molar-refractivity contribution < 1.29 is 17.1 Å². The molecule has 0 amide bonds. The normalized spacial score (nSPS) is 7.20. The number of hydrogen-bond donors (Lipinski definition) is 0. The predicted molar refractivity (Wildman–Crippen MR) is 23.3 cm³/mol. The van der Waals surface area contributed by atoms with E-state index in [-0.39, 0.29) is 25.9 Å². The Morgan fingerprint density at radius 1 is 1.00 bits per heavy atom. The van der Waals surface area contributed by atoms with Crippen LogP contribution < -0.4 is 0 Å². The summed E-state index contributed by atoms with van der Waals surface area (Å²) >= 11 is 0. The van der Waals surface area contributed by atoms with Crippen molar-refractivity contribution in [2.75, 3.05) is 0 Å². The quantitative estimate of drug-likeness (QED) is 0.433. The molecule has 2 heteroatoms. The van der Waals surface area contributed by atoms with Crippen molar-refractivity contribution in [2.45, 2.75) is 19.6 Å². The molecular formula is C3H9FeSi. The Morgan fingerprint density at radius 2 is 1.00 bits per heavy atom. The van der Waals surface area contributed by atoms with Gasteiger partial charge in [0.15, 0.2) is 0 Å². The Bertz CT molecular complexity index is 11.6. The van der Waals surface area contributed by atoms with Crippen LogP contribution in [0.1, 0.15) is 0 Å². The molecule has 0 aromatic heterocycles. The van der Waals surface area contributed by atoms with Crippen LogP contribution in [0, 0.1) is 0 Å². The molecule has 0 aromatic rings. The first-order valence-corrected chi connectivity index (χ1v) is 4.50. The van der Waals surface area contributed by atoms with Gasteiger partial charge in [-0.15, -0.1) is 0 Å². The summed E-state index contributed by atoms with van der Waals surface area (Å²) in [6.45, 7) is 6.81. The Hall–Kier alpha value is 0.736. The van der Waals surface area contributed by atoms with Crippen LogP contribution in [0.15, 0.2) is 0 Å². The third-order valence-electron chi connectivity index (χ3n) is 0. The van der Waals surface area contributed by atoms with Crippen molar-refractivity contribution in [1.29, 1.82) is 0 Å². The molecule has 0 fully saturated rings. The van der Waals surface area contributed by atoms with Gasteiger partial charge in [0.2, 0.25) is 0 Å². The maximum absolute atomic E-state index is 2.27. The Morgan fingerprint density at radius 3 is 1.00 bits per heavy atom. The van der Waals surface area contributed by atoms with Gasteiger partial charge in [0.05, 0.1) is 0 Å². The standard InChI is InChI=1S/C3H9Si.Fe/c1-4(2)3;/h1-3H3;. The third-order valence-corrected chi connectivity index (χ3v) is 0. The van der Waals surface area contributed by atoms with Crippen LogP contribution in [-0.4, -0.2) is 8.80 Å². The average molecular weight is 129 g/mol. The molecule has 5 heavy (non-hydrogen) atoms. The van der Waals surface area contributed by atoms with E-state index in [2.05, 4.69) is 19.6 Å². The molecule has 0 aromatic carbocycles. The zero-order chi connectivity index (χ0) is 3.58. The van der Waals surface area contributed by atoms with Crippen molar-refractivity contribution >= 4 is 8.80 Å². The van der Waals surface area contributed by atoms with E-state index in [1.165, 1.54) is 0 Å². The summed E-state index contributed by atoms with van der Waals surface area (Å²) in [6, 6.07) is 0. The molecule has 0 rings (SSSR count). The van der Waals surface area contributed by atoms with Gasteiger partial charge in [0.25, 0.3) is 0 Å². The van der Waals surface area contributed by atoms with E-state index < -0.39 is 0 Å². The molecule has 0 heterocycles. The van der Waals surface area contributed by atoms with E-state index in [1.807, 2.05) is 0 Å². The van der Waals surface area contributed by atoms with Gasteiger partial charge in [0, 0.05) is 25.9 Å². The van der Waals surface area contributed by atoms with Gasteiger partial charge in [-0.05, 0) is 0 Å². The smallest absolute Gasteiger partial charge is 0.0379 e. The fourth-order valence-corrected chi connectivity index (χ4v) is 0. The van der Waals surface area contributed by atoms with Gasteiger partial charge in [-0.25, -0.2) is 0 Å². The van der Waals surface area contributed by atoms with Gasteiger partial charge in [-0.1, -0.05) is 19.6 Å². The van der Waals surface area contributed by atoms with Crippen LogP contribution >= 0.6 is 0 Å². The molecule has 0 unspecified atom stereocenters. The molecule has 0 atom stereocenters. The van der Waals surface area contributed by atoms with Gasteiger partial charge < -0.3 is 0 Å². The van der Waals surface area contributed by atoms with Gasteiger partial charge >= 0.3 is 0 Å². The average Bonchev–Trinajstić information content (AvgIpc) is 0.811. The summed E-state index contributed by atoms with van der Waals surface area (Å²) < 4.78 is 0. The second kappa shape index (κ2) is 4.74. The van der Waals surface area contributed by atoms with Crippen LogP contribution in [0.25, 0.3) is 0 Å². The molecule has 0 aliphatic carbocycles. The summed E-state index contributed by atoms with van der Waals surface area (Å²) in [4.78, 5) is 0. The first kappa shape index (κ1) is 9.22. The Balaban J connectivity index is 0. The molecule has 0 bridgehead atoms. The van der Waals surface area contributed by atoms with Gasteiger partial charge in [-0.2, -0.15) is 0 Å². The van der Waals surface area contributed by atoms with E-state index in [0.29, 0.717) is 0 Å². The molecule has 0 saturated carbocycles. The topological polar surface area (TPSA) is 0 Å². The Kier molecular flexibility index (Phi) is 8.73. The van der Waals surface area contributed by atoms with E-state index in [1.54, 1.807) is 0 Å². The summed E-state index contributed by atoms with van der Waals surface area (Å²) in [5.41, 5.74) is 0. The maximum atomic E-state index is 2.27. The van der Waals surface area contributed by atoms with Crippen LogP contribution in [0.3, 0.4) is 0 Å². The van der Waals surface area contributed by atoms with Crippen molar-refractivity contribution in [1.82, 2.24) is 0 Å². The summed E-state index contributed by atoms with van der Waals surface area (Å²) in [5, 5.41) is 0. The van der Waals surface area contributed by atoms with E-state index >= 15 is 0 Å². The van der Waals surface area contributed by atoms with E-state index in [4.69, 9.17) is 0 Å². The fraction of sp³-hybridized carbons (Fsp3) is 1.00. The molecule has 0 saturated heterocycles. The van der Waals surface area contributed by atoms with Crippen LogP contribution in [0.2, 0.25) is 19.6 Å². The second-order valence-corrected chi connectivity index (χ2v) is 4.50. The minimum atomic E-state index is 0. The Labute approximate surface area is 46.0 Å². The fourth-order valence-electron chi connectivity index (χ4n) is 0. The molecule has 0 aliphatic rings. The molecule has 0 spiro atoms.